The smallest absolute Gasteiger partial charge is 0.0717 e. The Balaban J connectivity index is 2.17. The monoisotopic (exact) mass is 246 g/mol. The molecule has 1 aromatic heterocycles. The van der Waals surface area contributed by atoms with E-state index in [0.717, 1.165) is 30.8 Å². The average Bonchev–Trinajstić information content (AvgIpc) is 2.38. The topological polar surface area (TPSA) is 36.4 Å². The maximum atomic E-state index is 9.35. The Labute approximate surface area is 109 Å². The minimum atomic E-state index is 0.0511. The zero-order chi connectivity index (χ0) is 13.2. The van der Waals surface area contributed by atoms with Gasteiger partial charge in [-0.25, -0.2) is 0 Å². The van der Waals surface area contributed by atoms with E-state index in [0.29, 0.717) is 0 Å². The van der Waals surface area contributed by atoms with Crippen LogP contribution in [0.5, 0.6) is 0 Å². The molecule has 3 heteroatoms. The fourth-order valence-electron chi connectivity index (χ4n) is 2.42. The highest BCUT2D eigenvalue weighted by atomic mass is 16.3. The van der Waals surface area contributed by atoms with Gasteiger partial charge in [0.2, 0.25) is 0 Å². The van der Waals surface area contributed by atoms with Crippen molar-refractivity contribution in [2.75, 3.05) is 18.0 Å². The molecule has 0 atom stereocenters. The van der Waals surface area contributed by atoms with Crippen LogP contribution >= 0.6 is 0 Å². The summed E-state index contributed by atoms with van der Waals surface area (Å²) in [7, 11) is 0. The van der Waals surface area contributed by atoms with E-state index in [1.165, 1.54) is 5.57 Å². The number of aromatic nitrogens is 1. The van der Waals surface area contributed by atoms with E-state index in [2.05, 4.69) is 36.7 Å². The van der Waals surface area contributed by atoms with E-state index < -0.39 is 0 Å². The van der Waals surface area contributed by atoms with Gasteiger partial charge in [0.15, 0.2) is 0 Å². The van der Waals surface area contributed by atoms with Crippen molar-refractivity contribution in [1.29, 1.82) is 0 Å². The minimum absolute atomic E-state index is 0.0511. The van der Waals surface area contributed by atoms with E-state index in [-0.39, 0.29) is 12.0 Å². The van der Waals surface area contributed by atoms with Crippen molar-refractivity contribution >= 4 is 5.69 Å². The maximum absolute atomic E-state index is 9.35. The molecule has 2 heterocycles. The van der Waals surface area contributed by atoms with Gasteiger partial charge in [-0.3, -0.25) is 4.98 Å². The van der Waals surface area contributed by atoms with Gasteiger partial charge in [-0.15, -0.1) is 0 Å². The van der Waals surface area contributed by atoms with Crippen molar-refractivity contribution in [3.63, 3.8) is 0 Å². The molecule has 0 amide bonds. The normalized spacial score (nSPS) is 16.7. The van der Waals surface area contributed by atoms with Gasteiger partial charge in [0.05, 0.1) is 6.61 Å². The molecular weight excluding hydrogens is 224 g/mol. The number of anilines is 1. The first-order valence-electron chi connectivity index (χ1n) is 6.50. The molecular formula is C15H22N2O. The molecule has 0 aromatic carbocycles. The standard InChI is InChI=1S/C15H22N2O/c1-15(2,3)13-5-8-17(9-6-13)14-4-7-16-10-12(14)11-18/h4-5,7,10,18H,6,8-9,11H2,1-3H3. The maximum Gasteiger partial charge on any atom is 0.0717 e. The Morgan fingerprint density at radius 3 is 2.72 bits per heavy atom. The van der Waals surface area contributed by atoms with E-state index >= 15 is 0 Å². The first-order chi connectivity index (χ1) is 8.52. The molecule has 0 saturated heterocycles. The van der Waals surface area contributed by atoms with Crippen LogP contribution in [-0.2, 0) is 6.61 Å². The van der Waals surface area contributed by atoms with Gasteiger partial charge < -0.3 is 10.0 Å². The SMILES string of the molecule is CC(C)(C)C1=CCN(c2ccncc2CO)CC1. The third-order valence-corrected chi connectivity index (χ3v) is 3.56. The molecule has 1 aliphatic heterocycles. The molecule has 0 aliphatic carbocycles. The van der Waals surface area contributed by atoms with Crippen LogP contribution in [-0.4, -0.2) is 23.2 Å². The molecule has 0 saturated carbocycles. The van der Waals surface area contributed by atoms with E-state index in [1.54, 1.807) is 12.4 Å². The summed E-state index contributed by atoms with van der Waals surface area (Å²) in [6.45, 7) is 8.78. The molecule has 0 radical (unpaired) electrons. The number of nitrogens with zero attached hydrogens (tertiary/aromatic N) is 2. The number of aliphatic hydroxyl groups excluding tert-OH is 1. The van der Waals surface area contributed by atoms with Gasteiger partial charge in [-0.1, -0.05) is 32.4 Å². The van der Waals surface area contributed by atoms with E-state index in [9.17, 15) is 5.11 Å². The first-order valence-corrected chi connectivity index (χ1v) is 6.50. The zero-order valence-electron chi connectivity index (χ0n) is 11.5. The van der Waals surface area contributed by atoms with Crippen LogP contribution in [0.2, 0.25) is 0 Å². The Bertz CT molecular complexity index is 446. The van der Waals surface area contributed by atoms with Gasteiger partial charge in [-0.2, -0.15) is 0 Å². The van der Waals surface area contributed by atoms with Gasteiger partial charge in [-0.05, 0) is 17.9 Å². The van der Waals surface area contributed by atoms with E-state index in [4.69, 9.17) is 0 Å². The first kappa shape index (κ1) is 13.1. The third-order valence-electron chi connectivity index (χ3n) is 3.56. The van der Waals surface area contributed by atoms with Crippen molar-refractivity contribution < 1.29 is 5.11 Å². The molecule has 2 rings (SSSR count). The van der Waals surface area contributed by atoms with Crippen LogP contribution in [0.15, 0.2) is 30.1 Å². The summed E-state index contributed by atoms with van der Waals surface area (Å²) in [5, 5.41) is 9.35. The molecule has 0 unspecified atom stereocenters. The Kier molecular flexibility index (Phi) is 3.71. The lowest BCUT2D eigenvalue weighted by Gasteiger charge is -2.34. The number of hydrogen-bond donors (Lipinski definition) is 1. The molecule has 18 heavy (non-hydrogen) atoms. The summed E-state index contributed by atoms with van der Waals surface area (Å²) >= 11 is 0. The molecule has 0 bridgehead atoms. The summed E-state index contributed by atoms with van der Waals surface area (Å²) in [5.74, 6) is 0. The van der Waals surface area contributed by atoms with Crippen LogP contribution in [0, 0.1) is 5.41 Å². The highest BCUT2D eigenvalue weighted by molar-refractivity contribution is 5.53. The predicted octanol–water partition coefficient (Wildman–Crippen LogP) is 2.76. The fraction of sp³-hybridized carbons (Fsp3) is 0.533. The van der Waals surface area contributed by atoms with Gasteiger partial charge in [0.25, 0.3) is 0 Å². The summed E-state index contributed by atoms with van der Waals surface area (Å²) in [6, 6.07) is 1.99. The molecule has 1 aromatic rings. The average molecular weight is 246 g/mol. The minimum Gasteiger partial charge on any atom is -0.392 e. The zero-order valence-corrected chi connectivity index (χ0v) is 11.5. The van der Waals surface area contributed by atoms with Crippen LogP contribution in [0.4, 0.5) is 5.69 Å². The van der Waals surface area contributed by atoms with Crippen molar-refractivity contribution in [1.82, 2.24) is 4.98 Å². The summed E-state index contributed by atoms with van der Waals surface area (Å²) in [5.41, 5.74) is 3.81. The van der Waals surface area contributed by atoms with Gasteiger partial charge in [0.1, 0.15) is 0 Å². The summed E-state index contributed by atoms with van der Waals surface area (Å²) < 4.78 is 0. The molecule has 0 fully saturated rings. The molecule has 1 N–H and O–H groups in total. The van der Waals surface area contributed by atoms with Crippen LogP contribution in [0.1, 0.15) is 32.8 Å². The number of aliphatic hydroxyl groups is 1. The van der Waals surface area contributed by atoms with Crippen LogP contribution < -0.4 is 4.90 Å². The van der Waals surface area contributed by atoms with Crippen LogP contribution in [0.25, 0.3) is 0 Å². The Hall–Kier alpha value is -1.35. The fourth-order valence-corrected chi connectivity index (χ4v) is 2.42. The Morgan fingerprint density at radius 2 is 2.17 bits per heavy atom. The third kappa shape index (κ3) is 2.72. The van der Waals surface area contributed by atoms with E-state index in [1.807, 2.05) is 6.07 Å². The second kappa shape index (κ2) is 5.11. The lowest BCUT2D eigenvalue weighted by molar-refractivity contribution is 0.281. The van der Waals surface area contributed by atoms with Crippen molar-refractivity contribution in [3.8, 4) is 0 Å². The van der Waals surface area contributed by atoms with Gasteiger partial charge >= 0.3 is 0 Å². The number of hydrogen-bond acceptors (Lipinski definition) is 3. The molecule has 98 valence electrons. The highest BCUT2D eigenvalue weighted by Crippen LogP contribution is 2.32. The number of pyridine rings is 1. The molecule has 3 nitrogen and oxygen atoms in total. The van der Waals surface area contributed by atoms with Gasteiger partial charge in [0, 0.05) is 36.7 Å². The Morgan fingerprint density at radius 1 is 1.39 bits per heavy atom. The molecule has 0 spiro atoms. The summed E-state index contributed by atoms with van der Waals surface area (Å²) in [4.78, 5) is 6.37. The van der Waals surface area contributed by atoms with Crippen molar-refractivity contribution in [2.24, 2.45) is 5.41 Å². The second-order valence-electron chi connectivity index (χ2n) is 5.84. The summed E-state index contributed by atoms with van der Waals surface area (Å²) in [6.07, 6.45) is 6.96. The quantitative estimate of drug-likeness (QED) is 0.815. The van der Waals surface area contributed by atoms with Crippen LogP contribution in [0.3, 0.4) is 0 Å². The number of rotatable bonds is 2. The largest absolute Gasteiger partial charge is 0.392 e. The van der Waals surface area contributed by atoms with Crippen molar-refractivity contribution in [3.05, 3.63) is 35.7 Å². The lowest BCUT2D eigenvalue weighted by atomic mass is 9.83. The lowest BCUT2D eigenvalue weighted by Crippen LogP contribution is -2.31. The second-order valence-corrected chi connectivity index (χ2v) is 5.84. The molecule has 1 aliphatic rings. The predicted molar refractivity (Wildman–Crippen MR) is 74.5 cm³/mol. The van der Waals surface area contributed by atoms with Crippen molar-refractivity contribution in [2.45, 2.75) is 33.8 Å². The highest BCUT2D eigenvalue weighted by Gasteiger charge is 2.22.